The third-order valence-electron chi connectivity index (χ3n) is 10.1. The first-order valence-electron chi connectivity index (χ1n) is 21.3. The fourth-order valence-corrected chi connectivity index (χ4v) is 7.05. The molecule has 0 saturated carbocycles. The third kappa shape index (κ3) is 17.6. The molecule has 4 atom stereocenters. The summed E-state index contributed by atoms with van der Waals surface area (Å²) in [7, 11) is 0. The monoisotopic (exact) mass is 939 g/mol. The molecule has 1 heterocycles. The highest BCUT2D eigenvalue weighted by molar-refractivity contribution is 5.96. The van der Waals surface area contributed by atoms with Crippen molar-refractivity contribution in [1.82, 2.24) is 41.4 Å². The van der Waals surface area contributed by atoms with Gasteiger partial charge in [0.2, 0.25) is 47.3 Å². The van der Waals surface area contributed by atoms with Gasteiger partial charge < -0.3 is 57.3 Å². The van der Waals surface area contributed by atoms with Crippen LogP contribution < -0.4 is 37.6 Å². The van der Waals surface area contributed by atoms with E-state index in [9.17, 15) is 52.6 Å². The van der Waals surface area contributed by atoms with Crippen molar-refractivity contribution in [3.8, 4) is 11.1 Å². The Labute approximate surface area is 385 Å². The molecule has 0 saturated heterocycles. The second-order valence-electron chi connectivity index (χ2n) is 16.7. The molecule has 0 bridgehead atoms. The molecule has 0 aliphatic rings. The Morgan fingerprint density at radius 3 is 2.07 bits per heavy atom. The van der Waals surface area contributed by atoms with Gasteiger partial charge in [-0.2, -0.15) is 0 Å². The SMILES string of the molecule is CC(=O)N[C@H](C)C(=O)N[C@@H](CC(N)=O)C(=O)N[C@@H](CCN(C(=O)CO)[C@@H](c1cc(-c2cc(F)ccc2F)cn1Cc1ccccc1)C(C)(C)C)C(=O)NCCNC(=O)CNC(=O)CCC(=O)O. The second kappa shape index (κ2) is 25.5. The first-order valence-corrected chi connectivity index (χ1v) is 21.3. The van der Waals surface area contributed by atoms with Crippen molar-refractivity contribution in [2.24, 2.45) is 11.1 Å². The van der Waals surface area contributed by atoms with Crippen LogP contribution in [0.15, 0.2) is 60.8 Å². The van der Waals surface area contributed by atoms with Crippen molar-refractivity contribution in [1.29, 1.82) is 0 Å². The van der Waals surface area contributed by atoms with E-state index in [1.807, 2.05) is 30.3 Å². The number of benzene rings is 2. The van der Waals surface area contributed by atoms with Crippen molar-refractivity contribution in [2.45, 2.75) is 91.0 Å². The summed E-state index contributed by atoms with van der Waals surface area (Å²) in [5.74, 6) is -9.10. The number of aliphatic hydroxyl groups is 1. The van der Waals surface area contributed by atoms with Crippen LogP contribution in [0.2, 0.25) is 0 Å². The van der Waals surface area contributed by atoms with Gasteiger partial charge in [-0.1, -0.05) is 51.1 Å². The second-order valence-corrected chi connectivity index (χ2v) is 16.7. The summed E-state index contributed by atoms with van der Waals surface area (Å²) in [4.78, 5) is 114. The zero-order valence-electron chi connectivity index (χ0n) is 38.0. The van der Waals surface area contributed by atoms with Crippen LogP contribution in [-0.2, 0) is 49.7 Å². The van der Waals surface area contributed by atoms with Crippen molar-refractivity contribution in [2.75, 3.05) is 32.8 Å². The van der Waals surface area contributed by atoms with Crippen molar-refractivity contribution in [3.63, 3.8) is 0 Å². The summed E-state index contributed by atoms with van der Waals surface area (Å²) in [5, 5.41) is 33.6. The van der Waals surface area contributed by atoms with E-state index in [1.165, 1.54) is 11.8 Å². The highest BCUT2D eigenvalue weighted by atomic mass is 19.1. The van der Waals surface area contributed by atoms with Gasteiger partial charge in [-0.25, -0.2) is 8.78 Å². The van der Waals surface area contributed by atoms with E-state index >= 15 is 4.39 Å². The predicted molar refractivity (Wildman–Crippen MR) is 238 cm³/mol. The van der Waals surface area contributed by atoms with Crippen molar-refractivity contribution in [3.05, 3.63) is 83.7 Å². The minimum Gasteiger partial charge on any atom is -0.481 e. The van der Waals surface area contributed by atoms with E-state index in [0.29, 0.717) is 5.69 Å². The molecular formula is C45H59F2N9O11. The Balaban J connectivity index is 2.02. The minimum atomic E-state index is -1.65. The molecule has 8 amide bonds. The Morgan fingerprint density at radius 2 is 1.46 bits per heavy atom. The number of hydrogen-bond donors (Lipinski definition) is 9. The quantitative estimate of drug-likeness (QED) is 0.0523. The number of aliphatic hydroxyl groups excluding tert-OH is 1. The lowest BCUT2D eigenvalue weighted by Gasteiger charge is -2.41. The van der Waals surface area contributed by atoms with Gasteiger partial charge in [-0.3, -0.25) is 43.2 Å². The number of hydrogen-bond acceptors (Lipinski definition) is 10. The number of nitrogens with zero attached hydrogens (tertiary/aromatic N) is 2. The standard InChI is InChI=1S/C45H59F2N9O11/c1-26(52-27(2)58)42(65)54-34(21-36(48)59)44(67)53-33(43(66)50-17-16-49-38(61)22-51-37(60)13-14-40(63)64)15-18-56(39(62)25-57)41(45(3,4)5)35-19-29(31-20-30(46)11-12-32(31)47)24-55(35)23-28-9-7-6-8-10-28/h6-12,19-20,24,26,33-34,41,57H,13-18,21-23,25H2,1-5H3,(H2,48,59)(H,49,61)(H,50,66)(H,51,60)(H,52,58)(H,53,67)(H,54,65)(H,63,64)/t26-,33+,34+,41+/m1/s1. The lowest BCUT2D eigenvalue weighted by Crippen LogP contribution is -2.57. The summed E-state index contributed by atoms with van der Waals surface area (Å²) < 4.78 is 31.6. The molecular weight excluding hydrogens is 881 g/mol. The maximum absolute atomic E-state index is 15.3. The van der Waals surface area contributed by atoms with Gasteiger partial charge >= 0.3 is 5.97 Å². The predicted octanol–water partition coefficient (Wildman–Crippen LogP) is 0.363. The van der Waals surface area contributed by atoms with E-state index in [1.54, 1.807) is 37.6 Å². The molecule has 0 radical (unpaired) electrons. The molecule has 364 valence electrons. The number of carbonyl (C=O) groups excluding carboxylic acids is 8. The number of nitrogens with two attached hydrogens (primary N) is 1. The number of aromatic nitrogens is 1. The summed E-state index contributed by atoms with van der Waals surface area (Å²) in [5.41, 5.74) is 6.02. The van der Waals surface area contributed by atoms with Gasteiger partial charge in [0.25, 0.3) is 0 Å². The Hall–Kier alpha value is -7.23. The highest BCUT2D eigenvalue weighted by Gasteiger charge is 2.38. The van der Waals surface area contributed by atoms with E-state index < -0.39 is 120 Å². The van der Waals surface area contributed by atoms with Crippen LogP contribution in [0, 0.1) is 17.0 Å². The molecule has 10 N–H and O–H groups in total. The molecule has 2 aromatic carbocycles. The number of nitrogens with one attached hydrogen (secondary N) is 6. The van der Waals surface area contributed by atoms with Crippen LogP contribution in [0.3, 0.4) is 0 Å². The smallest absolute Gasteiger partial charge is 0.303 e. The lowest BCUT2D eigenvalue weighted by atomic mass is 9.82. The summed E-state index contributed by atoms with van der Waals surface area (Å²) >= 11 is 0. The number of primary amides is 1. The number of halogens is 2. The normalized spacial score (nSPS) is 12.9. The Kier molecular flexibility index (Phi) is 20.6. The number of aliphatic carboxylic acids is 1. The average molecular weight is 940 g/mol. The van der Waals surface area contributed by atoms with Crippen LogP contribution in [0.5, 0.6) is 0 Å². The molecule has 20 nitrogen and oxygen atoms in total. The zero-order chi connectivity index (χ0) is 50.0. The molecule has 1 aromatic heterocycles. The van der Waals surface area contributed by atoms with Crippen molar-refractivity contribution < 1.29 is 62.1 Å². The summed E-state index contributed by atoms with van der Waals surface area (Å²) in [6.45, 7) is 5.85. The first kappa shape index (κ1) is 54.1. The maximum Gasteiger partial charge on any atom is 0.303 e. The molecule has 3 aromatic rings. The fraction of sp³-hybridized carbons (Fsp3) is 0.444. The fourth-order valence-electron chi connectivity index (χ4n) is 7.05. The van der Waals surface area contributed by atoms with E-state index in [-0.39, 0.29) is 50.1 Å². The molecule has 0 spiro atoms. The molecule has 0 aliphatic carbocycles. The lowest BCUT2D eigenvalue weighted by molar-refractivity contribution is -0.140. The highest BCUT2D eigenvalue weighted by Crippen LogP contribution is 2.41. The average Bonchev–Trinajstić information content (AvgIpc) is 3.65. The van der Waals surface area contributed by atoms with Gasteiger partial charge in [0.1, 0.15) is 36.4 Å². The summed E-state index contributed by atoms with van der Waals surface area (Å²) in [6.07, 6.45) is -0.270. The van der Waals surface area contributed by atoms with Crippen LogP contribution in [0.4, 0.5) is 8.78 Å². The zero-order valence-corrected chi connectivity index (χ0v) is 38.0. The van der Waals surface area contributed by atoms with Crippen LogP contribution in [0.25, 0.3) is 11.1 Å². The molecule has 3 rings (SSSR count). The van der Waals surface area contributed by atoms with Gasteiger partial charge in [0, 0.05) is 62.5 Å². The van der Waals surface area contributed by atoms with E-state index in [2.05, 4.69) is 31.9 Å². The number of carbonyl (C=O) groups is 9. The molecule has 0 unspecified atom stereocenters. The first-order chi connectivity index (χ1) is 31.5. The molecule has 22 heteroatoms. The number of carboxylic acids is 1. The Morgan fingerprint density at radius 1 is 0.806 bits per heavy atom. The number of carboxylic acid groups (broad SMARTS) is 1. The third-order valence-corrected chi connectivity index (χ3v) is 10.1. The van der Waals surface area contributed by atoms with Crippen LogP contribution in [-0.4, -0.2) is 124 Å². The topological polar surface area (TPSA) is 300 Å². The molecule has 67 heavy (non-hydrogen) atoms. The van der Waals surface area contributed by atoms with Gasteiger partial charge in [0.15, 0.2) is 0 Å². The minimum absolute atomic E-state index is 0.0547. The van der Waals surface area contributed by atoms with Gasteiger partial charge in [-0.15, -0.1) is 0 Å². The number of amides is 8. The van der Waals surface area contributed by atoms with Crippen molar-refractivity contribution >= 4 is 53.2 Å². The van der Waals surface area contributed by atoms with E-state index in [4.69, 9.17) is 10.8 Å². The van der Waals surface area contributed by atoms with Crippen LogP contribution in [0.1, 0.15) is 77.6 Å². The maximum atomic E-state index is 15.3. The van der Waals surface area contributed by atoms with Crippen LogP contribution >= 0.6 is 0 Å². The van der Waals surface area contributed by atoms with Gasteiger partial charge in [0.05, 0.1) is 25.4 Å². The van der Waals surface area contributed by atoms with E-state index in [0.717, 1.165) is 30.7 Å². The summed E-state index contributed by atoms with van der Waals surface area (Å²) in [6, 6.07) is 8.48. The number of rotatable bonds is 25. The molecule has 0 aliphatic heterocycles. The molecule has 0 fully saturated rings. The van der Waals surface area contributed by atoms with Gasteiger partial charge in [-0.05, 0) is 48.6 Å². The largest absolute Gasteiger partial charge is 0.481 e. The Bertz CT molecular complexity index is 2270.